The molecule has 1 heteroatoms. The van der Waals surface area contributed by atoms with Crippen LogP contribution in [0.3, 0.4) is 0 Å². The first-order chi connectivity index (χ1) is 27.4. The lowest BCUT2D eigenvalue weighted by Crippen LogP contribution is -2.35. The highest BCUT2D eigenvalue weighted by molar-refractivity contribution is 6.08. The first-order valence-corrected chi connectivity index (χ1v) is 19.9. The van der Waals surface area contributed by atoms with Gasteiger partial charge in [-0.25, -0.2) is 0 Å². The molecule has 0 N–H and O–H groups in total. The van der Waals surface area contributed by atoms with Crippen LogP contribution in [0, 0.1) is 5.92 Å². The van der Waals surface area contributed by atoms with E-state index in [-0.39, 0.29) is 17.3 Å². The zero-order valence-corrected chi connectivity index (χ0v) is 32.1. The van der Waals surface area contributed by atoms with Crippen molar-refractivity contribution in [3.8, 4) is 11.1 Å². The number of allylic oxidation sites excluding steroid dienone is 6. The molecule has 0 saturated heterocycles. The summed E-state index contributed by atoms with van der Waals surface area (Å²) in [7, 11) is 0. The number of hydrogen-bond donors (Lipinski definition) is 0. The Morgan fingerprint density at radius 3 is 2.27 bits per heavy atom. The van der Waals surface area contributed by atoms with Crippen LogP contribution in [0.1, 0.15) is 54.9 Å². The van der Waals surface area contributed by atoms with Crippen molar-refractivity contribution < 1.29 is 4.42 Å². The highest BCUT2D eigenvalue weighted by atomic mass is 16.3. The molecule has 2 unspecified atom stereocenters. The third kappa shape index (κ3) is 5.45. The summed E-state index contributed by atoms with van der Waals surface area (Å²) < 4.78 is 6.77. The Hall–Kier alpha value is -6.44. The second-order valence-electron chi connectivity index (χ2n) is 16.1. The Morgan fingerprint density at radius 1 is 0.696 bits per heavy atom. The van der Waals surface area contributed by atoms with Crippen LogP contribution in [0.2, 0.25) is 0 Å². The Kier molecular flexibility index (Phi) is 8.15. The van der Waals surface area contributed by atoms with E-state index < -0.39 is 0 Å². The van der Waals surface area contributed by atoms with Crippen molar-refractivity contribution in [3.05, 3.63) is 219 Å². The predicted molar refractivity (Wildman–Crippen MR) is 237 cm³/mol. The van der Waals surface area contributed by atoms with Gasteiger partial charge in [0.25, 0.3) is 0 Å². The van der Waals surface area contributed by atoms with E-state index in [9.17, 15) is 0 Å². The third-order valence-corrected chi connectivity index (χ3v) is 12.5. The fourth-order valence-electron chi connectivity index (χ4n) is 9.85. The van der Waals surface area contributed by atoms with E-state index >= 15 is 0 Å². The van der Waals surface area contributed by atoms with Gasteiger partial charge in [-0.15, -0.1) is 0 Å². The lowest BCUT2D eigenvalue weighted by molar-refractivity contribution is 0.379. The maximum absolute atomic E-state index is 6.77. The summed E-state index contributed by atoms with van der Waals surface area (Å²) in [5, 5.41) is 6.77. The van der Waals surface area contributed by atoms with Gasteiger partial charge < -0.3 is 4.42 Å². The molecule has 0 spiro atoms. The molecule has 0 bridgehead atoms. The van der Waals surface area contributed by atoms with E-state index in [4.69, 9.17) is 11.0 Å². The quantitative estimate of drug-likeness (QED) is 0.176. The largest absolute Gasteiger partial charge is 0.455 e. The molecule has 0 aliphatic heterocycles. The monoisotopic (exact) mass is 720 g/mol. The average Bonchev–Trinajstić information content (AvgIpc) is 3.73. The number of furan rings is 1. The first-order valence-electron chi connectivity index (χ1n) is 19.9. The molecule has 6 aromatic carbocycles. The molecule has 1 heterocycles. The maximum Gasteiger partial charge on any atom is 0.142 e. The van der Waals surface area contributed by atoms with Gasteiger partial charge >= 0.3 is 0 Å². The SMILES string of the molecule is C=C(/C=c1/ccc(-c2ccccc2)cc1=C)C1=c2cccc/c2=C(C2=Cc3c(ccc4c3oc3ccccc34)C3c4ccccc4C(C)(C)C23)/C=C/CCC=C1. The average molecular weight is 721 g/mol. The van der Waals surface area contributed by atoms with Crippen LogP contribution in [0.25, 0.3) is 62.9 Å². The van der Waals surface area contributed by atoms with E-state index in [1.54, 1.807) is 0 Å². The standard InChI is InChI=1S/C55H44O/c1-35-32-39(37-18-8-7-9-19-37)29-28-38(35)33-36(2)40-20-10-5-6-11-21-43(42-23-13-12-22-41(40)42)48-34-49-45(30-31-46-44-24-15-17-27-51(44)56-54(46)49)52-47-25-14-16-26-50(47)55(3,4)53(48)52/h7-34,52-53H,1-2,5-6H2,3-4H3/b20-10?,21-11+,38-33-,41-40?,43-42+. The van der Waals surface area contributed by atoms with E-state index in [0.717, 1.165) is 51.0 Å². The fourth-order valence-corrected chi connectivity index (χ4v) is 9.85. The normalized spacial score (nSPS) is 20.2. The van der Waals surface area contributed by atoms with Gasteiger partial charge in [-0.2, -0.15) is 0 Å². The van der Waals surface area contributed by atoms with Crippen LogP contribution >= 0.6 is 0 Å². The van der Waals surface area contributed by atoms with E-state index in [0.29, 0.717) is 0 Å². The van der Waals surface area contributed by atoms with Gasteiger partial charge in [-0.3, -0.25) is 0 Å². The molecule has 0 fully saturated rings. The molecule has 1 nitrogen and oxygen atoms in total. The van der Waals surface area contributed by atoms with Crippen molar-refractivity contribution in [2.24, 2.45) is 5.92 Å². The number of benzene rings is 6. The molecule has 3 aliphatic rings. The topological polar surface area (TPSA) is 13.1 Å². The Balaban J connectivity index is 1.24. The molecule has 1 aromatic heterocycles. The minimum Gasteiger partial charge on any atom is -0.455 e. The Labute approximate surface area is 328 Å². The third-order valence-electron chi connectivity index (χ3n) is 12.5. The van der Waals surface area contributed by atoms with Gasteiger partial charge in [0.15, 0.2) is 0 Å². The summed E-state index contributed by atoms with van der Waals surface area (Å²) in [5.41, 5.74) is 14.2. The number of rotatable bonds is 4. The molecule has 7 aromatic rings. The summed E-state index contributed by atoms with van der Waals surface area (Å²) in [6.07, 6.45) is 15.9. The minimum atomic E-state index is -0.112. The van der Waals surface area contributed by atoms with Crippen molar-refractivity contribution in [2.75, 3.05) is 0 Å². The summed E-state index contributed by atoms with van der Waals surface area (Å²) in [4.78, 5) is 0. The smallest absolute Gasteiger partial charge is 0.142 e. The lowest BCUT2D eigenvalue weighted by atomic mass is 9.65. The summed E-state index contributed by atoms with van der Waals surface area (Å²) in [5.74, 6) is 0.411. The fraction of sp³-hybridized carbons (Fsp3) is 0.127. The molecule has 0 saturated carbocycles. The summed E-state index contributed by atoms with van der Waals surface area (Å²) in [6, 6.07) is 48.2. The van der Waals surface area contributed by atoms with Crippen molar-refractivity contribution in [1.82, 2.24) is 0 Å². The summed E-state index contributed by atoms with van der Waals surface area (Å²) in [6.45, 7) is 14.1. The second kappa shape index (κ2) is 13.4. The van der Waals surface area contributed by atoms with Gasteiger partial charge in [-0.05, 0) is 114 Å². The molecule has 3 aliphatic carbocycles. The molecule has 2 atom stereocenters. The molecule has 0 radical (unpaired) electrons. The summed E-state index contributed by atoms with van der Waals surface area (Å²) >= 11 is 0. The number of para-hydroxylation sites is 1. The zero-order chi connectivity index (χ0) is 38.0. The van der Waals surface area contributed by atoms with Crippen molar-refractivity contribution in [1.29, 1.82) is 0 Å². The second-order valence-corrected chi connectivity index (χ2v) is 16.1. The van der Waals surface area contributed by atoms with E-state index in [1.807, 2.05) is 0 Å². The molecule has 0 amide bonds. The molecular formula is C55H44O. The van der Waals surface area contributed by atoms with Gasteiger partial charge in [0.05, 0.1) is 0 Å². The van der Waals surface area contributed by atoms with E-state index in [2.05, 4.69) is 190 Å². The number of hydrogen-bond acceptors (Lipinski definition) is 1. The van der Waals surface area contributed by atoms with Crippen molar-refractivity contribution in [2.45, 2.75) is 38.0 Å². The van der Waals surface area contributed by atoms with Crippen LogP contribution < -0.4 is 20.9 Å². The Morgan fingerprint density at radius 2 is 1.43 bits per heavy atom. The Bertz CT molecular complexity index is 3090. The predicted octanol–water partition coefficient (Wildman–Crippen LogP) is 11.0. The molecule has 56 heavy (non-hydrogen) atoms. The van der Waals surface area contributed by atoms with Crippen molar-refractivity contribution in [3.63, 3.8) is 0 Å². The maximum atomic E-state index is 6.77. The van der Waals surface area contributed by atoms with Gasteiger partial charge in [-0.1, -0.05) is 173 Å². The van der Waals surface area contributed by atoms with Gasteiger partial charge in [0.2, 0.25) is 0 Å². The van der Waals surface area contributed by atoms with Gasteiger partial charge in [0.1, 0.15) is 11.2 Å². The highest BCUT2D eigenvalue weighted by Gasteiger charge is 2.51. The zero-order valence-electron chi connectivity index (χ0n) is 32.1. The van der Waals surface area contributed by atoms with Crippen LogP contribution in [0.4, 0.5) is 0 Å². The van der Waals surface area contributed by atoms with E-state index in [1.165, 1.54) is 60.4 Å². The van der Waals surface area contributed by atoms with Crippen LogP contribution in [-0.4, -0.2) is 0 Å². The van der Waals surface area contributed by atoms with Crippen LogP contribution in [-0.2, 0) is 5.41 Å². The first kappa shape index (κ1) is 34.1. The minimum absolute atomic E-state index is 0.112. The van der Waals surface area contributed by atoms with Crippen molar-refractivity contribution >= 4 is 51.8 Å². The lowest BCUT2D eigenvalue weighted by Gasteiger charge is -2.38. The highest BCUT2D eigenvalue weighted by Crippen LogP contribution is 2.60. The molecule has 270 valence electrons. The van der Waals surface area contributed by atoms with Crippen LogP contribution in [0.15, 0.2) is 180 Å². The molecule has 10 rings (SSSR count). The molecular weight excluding hydrogens is 677 g/mol. The van der Waals surface area contributed by atoms with Crippen LogP contribution in [0.5, 0.6) is 0 Å². The van der Waals surface area contributed by atoms with Gasteiger partial charge in [0, 0.05) is 28.2 Å². The number of fused-ring (bicyclic) bond motifs is 10.